The summed E-state index contributed by atoms with van der Waals surface area (Å²) in [6.45, 7) is 1.59. The number of aliphatic carboxylic acids is 1. The maximum absolute atomic E-state index is 13.4. The van der Waals surface area contributed by atoms with Gasteiger partial charge in [-0.05, 0) is 30.7 Å². The molecule has 0 radical (unpaired) electrons. The summed E-state index contributed by atoms with van der Waals surface area (Å²) in [7, 11) is 0. The first-order valence-corrected chi connectivity index (χ1v) is 9.02. The van der Waals surface area contributed by atoms with Crippen LogP contribution < -0.4 is 5.32 Å². The molecule has 0 saturated carbocycles. The Kier molecular flexibility index (Phi) is 7.72. The fourth-order valence-corrected chi connectivity index (χ4v) is 2.87. The Hall–Kier alpha value is -3.89. The van der Waals surface area contributed by atoms with Crippen molar-refractivity contribution in [3.8, 4) is 0 Å². The third kappa shape index (κ3) is 6.04. The van der Waals surface area contributed by atoms with Gasteiger partial charge in [-0.3, -0.25) is 19.7 Å². The number of nitrogens with zero attached hydrogens (tertiary/aromatic N) is 1. The highest BCUT2D eigenvalue weighted by Crippen LogP contribution is 2.27. The number of benzene rings is 2. The summed E-state index contributed by atoms with van der Waals surface area (Å²) < 4.78 is 31.4. The van der Waals surface area contributed by atoms with E-state index < -0.39 is 52.8 Å². The number of nitro groups is 1. The van der Waals surface area contributed by atoms with E-state index in [2.05, 4.69) is 5.32 Å². The Labute approximate surface area is 174 Å². The van der Waals surface area contributed by atoms with E-state index in [1.165, 1.54) is 12.1 Å². The molecule has 164 valence electrons. The fourth-order valence-electron chi connectivity index (χ4n) is 2.87. The second-order valence-electron chi connectivity index (χ2n) is 6.38. The van der Waals surface area contributed by atoms with Crippen LogP contribution in [0.25, 0.3) is 0 Å². The van der Waals surface area contributed by atoms with Crippen LogP contribution in [0.1, 0.15) is 35.2 Å². The molecule has 0 saturated heterocycles. The Bertz CT molecular complexity index is 996. The molecular weight excluding hydrogens is 418 g/mol. The zero-order valence-corrected chi connectivity index (χ0v) is 16.2. The van der Waals surface area contributed by atoms with Gasteiger partial charge in [-0.2, -0.15) is 0 Å². The topological polar surface area (TPSA) is 136 Å². The number of esters is 1. The van der Waals surface area contributed by atoms with Crippen LogP contribution >= 0.6 is 0 Å². The van der Waals surface area contributed by atoms with Crippen LogP contribution in [0.15, 0.2) is 42.5 Å². The van der Waals surface area contributed by atoms with Gasteiger partial charge in [0.2, 0.25) is 0 Å². The molecule has 2 N–H and O–H groups in total. The van der Waals surface area contributed by atoms with Gasteiger partial charge in [-0.1, -0.05) is 12.1 Å². The molecule has 0 spiro atoms. The molecule has 0 bridgehead atoms. The molecule has 0 fully saturated rings. The number of carbonyl (C=O) groups is 3. The lowest BCUT2D eigenvalue weighted by atomic mass is 9.88. The SMILES string of the molecule is CCOC(=O)C[C@@H](c1ccc([N+](=O)[O-])cc1)[C@H](NC(=O)c1ccc(F)c(F)c1)C(=O)O. The van der Waals surface area contributed by atoms with E-state index in [4.69, 9.17) is 4.74 Å². The number of ether oxygens (including phenoxy) is 1. The summed E-state index contributed by atoms with van der Waals surface area (Å²) in [6.07, 6.45) is -0.458. The van der Waals surface area contributed by atoms with Crippen LogP contribution in [0.4, 0.5) is 14.5 Å². The second-order valence-corrected chi connectivity index (χ2v) is 6.38. The smallest absolute Gasteiger partial charge is 0.326 e. The molecule has 0 aliphatic rings. The minimum absolute atomic E-state index is 0.0325. The third-order valence-electron chi connectivity index (χ3n) is 4.36. The second kappa shape index (κ2) is 10.2. The lowest BCUT2D eigenvalue weighted by Gasteiger charge is -2.25. The Morgan fingerprint density at radius 3 is 2.29 bits per heavy atom. The van der Waals surface area contributed by atoms with Gasteiger partial charge in [0, 0.05) is 23.6 Å². The number of nitro benzene ring substituents is 1. The van der Waals surface area contributed by atoms with Gasteiger partial charge in [0.1, 0.15) is 6.04 Å². The summed E-state index contributed by atoms with van der Waals surface area (Å²) in [6, 6.07) is 5.41. The van der Waals surface area contributed by atoms with Crippen molar-refractivity contribution >= 4 is 23.5 Å². The highest BCUT2D eigenvalue weighted by atomic mass is 19.2. The largest absolute Gasteiger partial charge is 0.480 e. The van der Waals surface area contributed by atoms with Gasteiger partial charge in [0.25, 0.3) is 11.6 Å². The van der Waals surface area contributed by atoms with E-state index in [9.17, 15) is 38.4 Å². The monoisotopic (exact) mass is 436 g/mol. The Morgan fingerprint density at radius 2 is 1.77 bits per heavy atom. The number of carbonyl (C=O) groups excluding carboxylic acids is 2. The summed E-state index contributed by atoms with van der Waals surface area (Å²) in [5, 5.41) is 22.7. The molecule has 2 aromatic carbocycles. The Balaban J connectivity index is 2.39. The van der Waals surface area contributed by atoms with Crippen molar-refractivity contribution in [3.05, 3.63) is 75.3 Å². The van der Waals surface area contributed by atoms with Crippen molar-refractivity contribution in [2.45, 2.75) is 25.3 Å². The Morgan fingerprint density at radius 1 is 1.13 bits per heavy atom. The quantitative estimate of drug-likeness (QED) is 0.350. The normalized spacial score (nSPS) is 12.5. The summed E-state index contributed by atoms with van der Waals surface area (Å²) in [5.74, 6) is -6.91. The molecule has 1 amide bonds. The van der Waals surface area contributed by atoms with E-state index in [-0.39, 0.29) is 23.4 Å². The van der Waals surface area contributed by atoms with Crippen molar-refractivity contribution in [1.29, 1.82) is 0 Å². The number of non-ortho nitro benzene ring substituents is 1. The van der Waals surface area contributed by atoms with Gasteiger partial charge in [-0.15, -0.1) is 0 Å². The molecule has 2 rings (SSSR count). The molecule has 0 unspecified atom stereocenters. The minimum Gasteiger partial charge on any atom is -0.480 e. The van der Waals surface area contributed by atoms with Crippen molar-refractivity contribution < 1.29 is 37.9 Å². The van der Waals surface area contributed by atoms with Crippen LogP contribution in [0, 0.1) is 21.7 Å². The minimum atomic E-state index is -1.67. The fraction of sp³-hybridized carbons (Fsp3) is 0.250. The molecule has 0 aliphatic heterocycles. The maximum Gasteiger partial charge on any atom is 0.326 e. The van der Waals surface area contributed by atoms with E-state index in [1.54, 1.807) is 6.92 Å². The standard InChI is InChI=1S/C20H18F2N2O7/c1-2-31-17(25)10-14(11-3-6-13(7-4-11)24(29)30)18(20(27)28)23-19(26)12-5-8-15(21)16(22)9-12/h3-9,14,18H,2,10H2,1H3,(H,23,26)(H,27,28)/t14-,18-/m0/s1. The van der Waals surface area contributed by atoms with Gasteiger partial charge in [0.15, 0.2) is 11.6 Å². The van der Waals surface area contributed by atoms with Crippen molar-refractivity contribution in [1.82, 2.24) is 5.32 Å². The molecule has 2 aromatic rings. The maximum atomic E-state index is 13.4. The lowest BCUT2D eigenvalue weighted by molar-refractivity contribution is -0.384. The average molecular weight is 436 g/mol. The van der Waals surface area contributed by atoms with Crippen molar-refractivity contribution in [2.75, 3.05) is 6.61 Å². The first-order valence-electron chi connectivity index (χ1n) is 9.02. The summed E-state index contributed by atoms with van der Waals surface area (Å²) >= 11 is 0. The lowest BCUT2D eigenvalue weighted by Crippen LogP contribution is -2.45. The number of halogens is 2. The first kappa shape index (κ1) is 23.4. The highest BCUT2D eigenvalue weighted by Gasteiger charge is 2.34. The van der Waals surface area contributed by atoms with Gasteiger partial charge in [0.05, 0.1) is 18.0 Å². The van der Waals surface area contributed by atoms with E-state index in [0.717, 1.165) is 18.2 Å². The molecule has 0 heterocycles. The number of carboxylic acids is 1. The van der Waals surface area contributed by atoms with Gasteiger partial charge >= 0.3 is 11.9 Å². The first-order chi connectivity index (χ1) is 14.6. The molecule has 0 aliphatic carbocycles. The van der Waals surface area contributed by atoms with Crippen LogP contribution in [-0.4, -0.2) is 40.5 Å². The number of carboxylic acid groups (broad SMARTS) is 1. The molecule has 31 heavy (non-hydrogen) atoms. The van der Waals surface area contributed by atoms with E-state index >= 15 is 0 Å². The van der Waals surface area contributed by atoms with Crippen molar-refractivity contribution in [2.24, 2.45) is 0 Å². The van der Waals surface area contributed by atoms with E-state index in [0.29, 0.717) is 12.1 Å². The predicted molar refractivity (Wildman–Crippen MR) is 102 cm³/mol. The zero-order chi connectivity index (χ0) is 23.1. The predicted octanol–water partition coefficient (Wildman–Crippen LogP) is 2.79. The molecule has 2 atom stereocenters. The number of hydrogen-bond donors (Lipinski definition) is 2. The van der Waals surface area contributed by atoms with E-state index in [1.807, 2.05) is 0 Å². The zero-order valence-electron chi connectivity index (χ0n) is 16.2. The molecular formula is C20H18F2N2O7. The van der Waals surface area contributed by atoms with Crippen LogP contribution in [0.2, 0.25) is 0 Å². The molecule has 11 heteroatoms. The van der Waals surface area contributed by atoms with Crippen LogP contribution in [0.3, 0.4) is 0 Å². The van der Waals surface area contributed by atoms with Gasteiger partial charge < -0.3 is 15.2 Å². The van der Waals surface area contributed by atoms with Crippen molar-refractivity contribution in [3.63, 3.8) is 0 Å². The number of amides is 1. The summed E-state index contributed by atoms with van der Waals surface area (Å²) in [4.78, 5) is 46.6. The highest BCUT2D eigenvalue weighted by molar-refractivity contribution is 5.97. The number of nitrogens with one attached hydrogen (secondary N) is 1. The number of rotatable bonds is 9. The summed E-state index contributed by atoms with van der Waals surface area (Å²) in [5.41, 5.74) is -0.364. The number of hydrogen-bond acceptors (Lipinski definition) is 6. The van der Waals surface area contributed by atoms with Crippen LogP contribution in [0.5, 0.6) is 0 Å². The third-order valence-corrected chi connectivity index (χ3v) is 4.36. The van der Waals surface area contributed by atoms with Gasteiger partial charge in [-0.25, -0.2) is 13.6 Å². The molecule has 9 nitrogen and oxygen atoms in total. The average Bonchev–Trinajstić information content (AvgIpc) is 2.72. The van der Waals surface area contributed by atoms with Crippen LogP contribution in [-0.2, 0) is 14.3 Å². The molecule has 0 aromatic heterocycles.